The average Bonchev–Trinajstić information content (AvgIpc) is 3.07. The smallest absolute Gasteiger partial charge is 0.272 e. The Balaban J connectivity index is 0.00000196. The molecule has 3 heterocycles. The fourth-order valence-electron chi connectivity index (χ4n) is 3.63. The van der Waals surface area contributed by atoms with Crippen LogP contribution in [0.3, 0.4) is 0 Å². The number of hydrogen-bond donors (Lipinski definition) is 2. The first-order valence-electron chi connectivity index (χ1n) is 9.10. The first-order chi connectivity index (χ1) is 12.3. The molecule has 4 rings (SSSR count). The van der Waals surface area contributed by atoms with Gasteiger partial charge in [0, 0.05) is 18.3 Å². The highest BCUT2D eigenvalue weighted by Crippen LogP contribution is 2.31. The van der Waals surface area contributed by atoms with Gasteiger partial charge in [0.1, 0.15) is 11.4 Å². The number of amides is 1. The number of benzene rings is 1. The Hall–Kier alpha value is -2.05. The van der Waals surface area contributed by atoms with E-state index in [1.807, 2.05) is 41.2 Å². The van der Waals surface area contributed by atoms with Gasteiger partial charge in [0.2, 0.25) is 0 Å². The van der Waals surface area contributed by atoms with Crippen molar-refractivity contribution in [1.29, 1.82) is 0 Å². The fraction of sp³-hybridized carbons (Fsp3) is 0.474. The molecule has 26 heavy (non-hydrogen) atoms. The van der Waals surface area contributed by atoms with Crippen molar-refractivity contribution in [1.82, 2.24) is 20.4 Å². The van der Waals surface area contributed by atoms with E-state index < -0.39 is 0 Å². The summed E-state index contributed by atoms with van der Waals surface area (Å²) in [5.74, 6) is 0.744. The number of fused-ring (bicyclic) bond motifs is 1. The van der Waals surface area contributed by atoms with Gasteiger partial charge >= 0.3 is 0 Å². The number of rotatable bonds is 3. The van der Waals surface area contributed by atoms with Gasteiger partial charge in [0.25, 0.3) is 5.91 Å². The molecule has 0 spiro atoms. The maximum absolute atomic E-state index is 12.7. The van der Waals surface area contributed by atoms with Crippen molar-refractivity contribution in [2.75, 3.05) is 19.7 Å². The largest absolute Gasteiger partial charge is 0.493 e. The molecular weight excluding hydrogens is 352 g/mol. The van der Waals surface area contributed by atoms with Gasteiger partial charge < -0.3 is 15.4 Å². The van der Waals surface area contributed by atoms with Crippen molar-refractivity contribution in [3.63, 3.8) is 0 Å². The molecule has 0 bridgehead atoms. The van der Waals surface area contributed by atoms with Gasteiger partial charge in [-0.15, -0.1) is 12.4 Å². The van der Waals surface area contributed by atoms with Crippen LogP contribution in [0, 0.1) is 0 Å². The minimum absolute atomic E-state index is 0. The lowest BCUT2D eigenvalue weighted by atomic mass is 10.0. The third-order valence-electron chi connectivity index (χ3n) is 4.98. The van der Waals surface area contributed by atoms with E-state index in [1.54, 1.807) is 0 Å². The van der Waals surface area contributed by atoms with Crippen LogP contribution in [0.15, 0.2) is 36.5 Å². The highest BCUT2D eigenvalue weighted by molar-refractivity contribution is 5.92. The molecule has 1 amide bonds. The lowest BCUT2D eigenvalue weighted by molar-refractivity contribution is 0.0928. The monoisotopic (exact) mass is 376 g/mol. The quantitative estimate of drug-likeness (QED) is 0.864. The van der Waals surface area contributed by atoms with Gasteiger partial charge in [-0.3, -0.25) is 9.48 Å². The van der Waals surface area contributed by atoms with Crippen LogP contribution in [0.4, 0.5) is 0 Å². The minimum atomic E-state index is -0.121. The normalized spacial score (nSPS) is 22.3. The van der Waals surface area contributed by atoms with Gasteiger partial charge in [-0.2, -0.15) is 5.10 Å². The molecule has 1 aromatic heterocycles. The molecule has 2 unspecified atom stereocenters. The topological polar surface area (TPSA) is 68.2 Å². The summed E-state index contributed by atoms with van der Waals surface area (Å²) >= 11 is 0. The summed E-state index contributed by atoms with van der Waals surface area (Å²) in [6.07, 6.45) is 5.95. The second kappa shape index (κ2) is 8.56. The van der Waals surface area contributed by atoms with E-state index in [9.17, 15) is 4.79 Å². The van der Waals surface area contributed by atoms with E-state index in [-0.39, 0.29) is 24.4 Å². The predicted octanol–water partition coefficient (Wildman–Crippen LogP) is 2.87. The fourth-order valence-corrected chi connectivity index (χ4v) is 3.63. The number of aromatic nitrogens is 2. The number of para-hydroxylation sites is 1. The van der Waals surface area contributed by atoms with Crippen LogP contribution in [-0.4, -0.2) is 35.4 Å². The predicted molar refractivity (Wildman–Crippen MR) is 102 cm³/mol. The summed E-state index contributed by atoms with van der Waals surface area (Å²) < 4.78 is 7.69. The first kappa shape index (κ1) is 18.7. The summed E-state index contributed by atoms with van der Waals surface area (Å²) in [5.41, 5.74) is 1.53. The van der Waals surface area contributed by atoms with E-state index in [0.717, 1.165) is 50.1 Å². The Kier molecular flexibility index (Phi) is 6.16. The third kappa shape index (κ3) is 4.02. The molecule has 1 saturated heterocycles. The zero-order valence-corrected chi connectivity index (χ0v) is 15.5. The molecule has 2 atom stereocenters. The molecular formula is C19H25ClN4O2. The molecule has 2 aliphatic heterocycles. The standard InChI is InChI=1S/C19H24N4O2.ClH/c24-19(17-9-11-23(22-17)14-5-3-10-20-13-14)21-16-7-4-12-25-18-8-2-1-6-15(16)18;/h1-2,6,8-9,11,14,16,20H,3-5,7,10,12-13H2,(H,21,24);1H. The van der Waals surface area contributed by atoms with Crippen molar-refractivity contribution in [2.45, 2.75) is 37.8 Å². The van der Waals surface area contributed by atoms with Crippen LogP contribution < -0.4 is 15.4 Å². The molecule has 2 aromatic rings. The minimum Gasteiger partial charge on any atom is -0.493 e. The van der Waals surface area contributed by atoms with E-state index in [0.29, 0.717) is 18.3 Å². The van der Waals surface area contributed by atoms with Crippen LogP contribution in [0.5, 0.6) is 5.75 Å². The van der Waals surface area contributed by atoms with Crippen molar-refractivity contribution in [2.24, 2.45) is 0 Å². The molecule has 2 aliphatic rings. The maximum Gasteiger partial charge on any atom is 0.272 e. The van der Waals surface area contributed by atoms with Crippen molar-refractivity contribution in [3.05, 3.63) is 47.8 Å². The van der Waals surface area contributed by atoms with Gasteiger partial charge in [-0.05, 0) is 44.4 Å². The van der Waals surface area contributed by atoms with Gasteiger partial charge in [0.15, 0.2) is 0 Å². The number of nitrogens with one attached hydrogen (secondary N) is 2. The number of ether oxygens (including phenoxy) is 1. The highest BCUT2D eigenvalue weighted by Gasteiger charge is 2.23. The number of hydrogen-bond acceptors (Lipinski definition) is 4. The highest BCUT2D eigenvalue weighted by atomic mass is 35.5. The van der Waals surface area contributed by atoms with Crippen molar-refractivity contribution >= 4 is 18.3 Å². The molecule has 2 N–H and O–H groups in total. The molecule has 140 valence electrons. The summed E-state index contributed by atoms with van der Waals surface area (Å²) in [7, 11) is 0. The summed E-state index contributed by atoms with van der Waals surface area (Å²) in [4.78, 5) is 12.7. The lowest BCUT2D eigenvalue weighted by Gasteiger charge is -2.23. The Bertz CT molecular complexity index is 743. The number of carbonyl (C=O) groups is 1. The van der Waals surface area contributed by atoms with Crippen LogP contribution in [-0.2, 0) is 0 Å². The number of halogens is 1. The lowest BCUT2D eigenvalue weighted by Crippen LogP contribution is -2.32. The Morgan fingerprint density at radius 2 is 2.12 bits per heavy atom. The third-order valence-corrected chi connectivity index (χ3v) is 4.98. The van der Waals surface area contributed by atoms with Crippen molar-refractivity contribution in [3.8, 4) is 5.75 Å². The Labute approximate surface area is 159 Å². The molecule has 1 fully saturated rings. The zero-order chi connectivity index (χ0) is 17.1. The summed E-state index contributed by atoms with van der Waals surface area (Å²) in [6, 6.07) is 10.0. The van der Waals surface area contributed by atoms with Gasteiger partial charge in [-0.1, -0.05) is 18.2 Å². The average molecular weight is 377 g/mol. The molecule has 6 nitrogen and oxygen atoms in total. The first-order valence-corrected chi connectivity index (χ1v) is 9.10. The number of carbonyl (C=O) groups excluding carboxylic acids is 1. The molecule has 1 aromatic carbocycles. The van der Waals surface area contributed by atoms with E-state index in [4.69, 9.17) is 4.74 Å². The van der Waals surface area contributed by atoms with Crippen LogP contribution in [0.1, 0.15) is 53.8 Å². The summed E-state index contributed by atoms with van der Waals surface area (Å²) in [5, 5.41) is 11.0. The van der Waals surface area contributed by atoms with Crippen LogP contribution in [0.2, 0.25) is 0 Å². The van der Waals surface area contributed by atoms with Crippen LogP contribution >= 0.6 is 12.4 Å². The van der Waals surface area contributed by atoms with E-state index in [2.05, 4.69) is 15.7 Å². The molecule has 0 aliphatic carbocycles. The van der Waals surface area contributed by atoms with Crippen LogP contribution in [0.25, 0.3) is 0 Å². The molecule has 0 saturated carbocycles. The number of nitrogens with zero attached hydrogens (tertiary/aromatic N) is 2. The molecule has 7 heteroatoms. The summed E-state index contributed by atoms with van der Waals surface area (Å²) in [6.45, 7) is 2.66. The Morgan fingerprint density at radius 1 is 1.23 bits per heavy atom. The van der Waals surface area contributed by atoms with Gasteiger partial charge in [-0.25, -0.2) is 0 Å². The van der Waals surface area contributed by atoms with Gasteiger partial charge in [0.05, 0.1) is 18.7 Å². The maximum atomic E-state index is 12.7. The SMILES string of the molecule is Cl.O=C(NC1CCCOc2ccccc21)c1ccn(C2CCCNC2)n1. The zero-order valence-electron chi connectivity index (χ0n) is 14.7. The van der Waals surface area contributed by atoms with E-state index in [1.165, 1.54) is 0 Å². The second-order valence-electron chi connectivity index (χ2n) is 6.74. The Morgan fingerprint density at radius 3 is 2.96 bits per heavy atom. The second-order valence-corrected chi connectivity index (χ2v) is 6.74. The number of piperidine rings is 1. The van der Waals surface area contributed by atoms with Crippen molar-refractivity contribution < 1.29 is 9.53 Å². The van der Waals surface area contributed by atoms with E-state index >= 15 is 0 Å². The molecule has 0 radical (unpaired) electrons.